The van der Waals surface area contributed by atoms with Crippen LogP contribution in [0.1, 0.15) is 5.76 Å². The van der Waals surface area contributed by atoms with E-state index in [-0.39, 0.29) is 16.3 Å². The van der Waals surface area contributed by atoms with Gasteiger partial charge in [-0.25, -0.2) is 9.40 Å². The summed E-state index contributed by atoms with van der Waals surface area (Å²) in [6, 6.07) is 7.19. The molecule has 3 rings (SSSR count). The summed E-state index contributed by atoms with van der Waals surface area (Å²) < 4.78 is 18.3. The van der Waals surface area contributed by atoms with Gasteiger partial charge >= 0.3 is 0 Å². The van der Waals surface area contributed by atoms with E-state index < -0.39 is 17.6 Å². The molecule has 0 aliphatic carbocycles. The number of allylic oxidation sites excluding steroid dienone is 2. The van der Waals surface area contributed by atoms with Crippen LogP contribution < -0.4 is 10.4 Å². The number of halogens is 2. The largest absolute Gasteiger partial charge is 0.465 e. The number of nitrogens with one attached hydrogen (secondary N) is 1. The molecule has 1 aliphatic heterocycles. The molecule has 0 unspecified atom stereocenters. The van der Waals surface area contributed by atoms with Crippen molar-refractivity contribution in [3.8, 4) is 0 Å². The Labute approximate surface area is 135 Å². The maximum Gasteiger partial charge on any atom is 0.282 e. The zero-order chi connectivity index (χ0) is 16.4. The van der Waals surface area contributed by atoms with E-state index in [0.29, 0.717) is 5.76 Å². The molecule has 2 amide bonds. The summed E-state index contributed by atoms with van der Waals surface area (Å²) in [5, 5.41) is 0.875. The van der Waals surface area contributed by atoms with Crippen LogP contribution in [0, 0.1) is 5.82 Å². The maximum absolute atomic E-state index is 13.2. The molecule has 23 heavy (non-hydrogen) atoms. The van der Waals surface area contributed by atoms with Gasteiger partial charge < -0.3 is 4.42 Å². The zero-order valence-electron chi connectivity index (χ0n) is 11.6. The van der Waals surface area contributed by atoms with Crippen LogP contribution in [-0.2, 0) is 9.59 Å². The minimum atomic E-state index is -0.606. The van der Waals surface area contributed by atoms with Crippen molar-refractivity contribution in [2.24, 2.45) is 0 Å². The molecule has 1 fully saturated rings. The van der Waals surface area contributed by atoms with Crippen molar-refractivity contribution in [3.05, 3.63) is 70.9 Å². The summed E-state index contributed by atoms with van der Waals surface area (Å²) in [7, 11) is 0. The highest BCUT2D eigenvalue weighted by molar-refractivity contribution is 6.32. The Bertz CT molecular complexity index is 828. The van der Waals surface area contributed by atoms with E-state index in [2.05, 4.69) is 5.43 Å². The number of anilines is 1. The number of amides is 2. The van der Waals surface area contributed by atoms with E-state index in [4.69, 9.17) is 16.0 Å². The first-order valence-electron chi connectivity index (χ1n) is 6.58. The van der Waals surface area contributed by atoms with Crippen molar-refractivity contribution in [1.29, 1.82) is 0 Å². The van der Waals surface area contributed by atoms with Gasteiger partial charge in [0.15, 0.2) is 0 Å². The standard InChI is InChI=1S/C16H10ClFN2O3/c17-13-9-10(6-7-14(13)18)20-16(22)12(15(21)19-20)5-1-3-11-4-2-8-23-11/h1-9H,(H,19,21)/b3-1+,12-5+. The van der Waals surface area contributed by atoms with Gasteiger partial charge in [-0.1, -0.05) is 17.7 Å². The Hall–Kier alpha value is -2.86. The van der Waals surface area contributed by atoms with Gasteiger partial charge in [0.05, 0.1) is 17.0 Å². The van der Waals surface area contributed by atoms with E-state index in [9.17, 15) is 14.0 Å². The first kappa shape index (κ1) is 15.1. The minimum absolute atomic E-state index is 0.0479. The molecule has 116 valence electrons. The number of furan rings is 1. The second-order valence-corrected chi connectivity index (χ2v) is 5.04. The van der Waals surface area contributed by atoms with Crippen LogP contribution >= 0.6 is 11.6 Å². The molecular formula is C16H10ClFN2O3. The fraction of sp³-hybridized carbons (Fsp3) is 0. The van der Waals surface area contributed by atoms with Crippen molar-refractivity contribution in [2.75, 3.05) is 5.01 Å². The van der Waals surface area contributed by atoms with Crippen LogP contribution in [0.15, 0.2) is 58.7 Å². The highest BCUT2D eigenvalue weighted by atomic mass is 35.5. The van der Waals surface area contributed by atoms with Gasteiger partial charge in [0.2, 0.25) is 0 Å². The van der Waals surface area contributed by atoms with Gasteiger partial charge in [-0.15, -0.1) is 0 Å². The average Bonchev–Trinajstić information content (AvgIpc) is 3.13. The predicted molar refractivity (Wildman–Crippen MR) is 82.9 cm³/mol. The third-order valence-corrected chi connectivity index (χ3v) is 3.41. The smallest absolute Gasteiger partial charge is 0.282 e. The van der Waals surface area contributed by atoms with Crippen LogP contribution in [0.4, 0.5) is 10.1 Å². The highest BCUT2D eigenvalue weighted by Crippen LogP contribution is 2.25. The van der Waals surface area contributed by atoms with Crippen molar-refractivity contribution >= 4 is 35.2 Å². The lowest BCUT2D eigenvalue weighted by atomic mass is 10.2. The van der Waals surface area contributed by atoms with Gasteiger partial charge in [-0.05, 0) is 42.5 Å². The lowest BCUT2D eigenvalue weighted by molar-refractivity contribution is -0.117. The van der Waals surface area contributed by atoms with Crippen LogP contribution in [0.2, 0.25) is 5.02 Å². The number of rotatable bonds is 3. The normalized spacial score (nSPS) is 16.6. The molecule has 1 aromatic carbocycles. The summed E-state index contributed by atoms with van der Waals surface area (Å²) in [4.78, 5) is 24.2. The molecule has 1 aliphatic rings. The Kier molecular flexibility index (Phi) is 3.99. The van der Waals surface area contributed by atoms with Gasteiger partial charge in [-0.3, -0.25) is 15.0 Å². The second kappa shape index (κ2) is 6.10. The molecule has 0 atom stereocenters. The Morgan fingerprint density at radius 2 is 2.09 bits per heavy atom. The van der Waals surface area contributed by atoms with Gasteiger partial charge in [-0.2, -0.15) is 0 Å². The highest BCUT2D eigenvalue weighted by Gasteiger charge is 2.34. The SMILES string of the molecule is O=C1NN(c2ccc(F)c(Cl)c2)C(=O)/C1=C/C=C/c1ccco1. The molecule has 2 heterocycles. The molecule has 0 saturated carbocycles. The lowest BCUT2D eigenvalue weighted by Crippen LogP contribution is -2.35. The lowest BCUT2D eigenvalue weighted by Gasteiger charge is -2.14. The van der Waals surface area contributed by atoms with Gasteiger partial charge in [0.1, 0.15) is 17.2 Å². The Morgan fingerprint density at radius 3 is 2.78 bits per heavy atom. The first-order valence-corrected chi connectivity index (χ1v) is 6.96. The van der Waals surface area contributed by atoms with Crippen LogP contribution in [0.3, 0.4) is 0 Å². The number of benzene rings is 1. The predicted octanol–water partition coefficient (Wildman–Crippen LogP) is 3.09. The summed E-state index contributed by atoms with van der Waals surface area (Å²) >= 11 is 5.69. The minimum Gasteiger partial charge on any atom is -0.465 e. The van der Waals surface area contributed by atoms with E-state index >= 15 is 0 Å². The molecule has 2 aromatic rings. The van der Waals surface area contributed by atoms with Crippen molar-refractivity contribution < 1.29 is 18.4 Å². The van der Waals surface area contributed by atoms with Gasteiger partial charge in [0.25, 0.3) is 11.8 Å². The molecule has 0 bridgehead atoms. The molecule has 1 aromatic heterocycles. The summed E-state index contributed by atoms with van der Waals surface area (Å²) in [5.74, 6) is -1.12. The fourth-order valence-electron chi connectivity index (χ4n) is 2.01. The molecule has 1 N–H and O–H groups in total. The number of carbonyl (C=O) groups excluding carboxylic acids is 2. The zero-order valence-corrected chi connectivity index (χ0v) is 12.4. The maximum atomic E-state index is 13.2. The molecular weight excluding hydrogens is 323 g/mol. The van der Waals surface area contributed by atoms with Crippen molar-refractivity contribution in [1.82, 2.24) is 5.43 Å². The molecule has 5 nitrogen and oxygen atoms in total. The second-order valence-electron chi connectivity index (χ2n) is 4.63. The third kappa shape index (κ3) is 3.02. The van der Waals surface area contributed by atoms with Crippen LogP contribution in [-0.4, -0.2) is 11.8 Å². The summed E-state index contributed by atoms with van der Waals surface area (Å²) in [6.45, 7) is 0. The fourth-order valence-corrected chi connectivity index (χ4v) is 2.18. The van der Waals surface area contributed by atoms with E-state index in [1.165, 1.54) is 30.5 Å². The van der Waals surface area contributed by atoms with E-state index in [1.807, 2.05) is 0 Å². The monoisotopic (exact) mass is 332 g/mol. The number of nitrogens with zero attached hydrogens (tertiary/aromatic N) is 1. The Morgan fingerprint density at radius 1 is 1.26 bits per heavy atom. The number of hydrogen-bond donors (Lipinski definition) is 1. The topological polar surface area (TPSA) is 62.6 Å². The first-order chi connectivity index (χ1) is 11.1. The van der Waals surface area contributed by atoms with Crippen LogP contribution in [0.5, 0.6) is 0 Å². The summed E-state index contributed by atoms with van der Waals surface area (Å²) in [6.07, 6.45) is 6.04. The molecule has 0 spiro atoms. The van der Waals surface area contributed by atoms with E-state index in [1.54, 1.807) is 18.2 Å². The molecule has 0 radical (unpaired) electrons. The molecule has 7 heteroatoms. The number of hydrogen-bond acceptors (Lipinski definition) is 3. The number of hydrazine groups is 1. The van der Waals surface area contributed by atoms with E-state index in [0.717, 1.165) is 11.1 Å². The third-order valence-electron chi connectivity index (χ3n) is 3.12. The van der Waals surface area contributed by atoms with Crippen molar-refractivity contribution in [3.63, 3.8) is 0 Å². The van der Waals surface area contributed by atoms with Crippen molar-refractivity contribution in [2.45, 2.75) is 0 Å². The summed E-state index contributed by atoms with van der Waals surface area (Å²) in [5.41, 5.74) is 2.62. The van der Waals surface area contributed by atoms with Gasteiger partial charge in [0, 0.05) is 0 Å². The number of carbonyl (C=O) groups is 2. The Balaban J connectivity index is 1.83. The quantitative estimate of drug-likeness (QED) is 0.694. The molecule has 1 saturated heterocycles. The average molecular weight is 333 g/mol. The van der Waals surface area contributed by atoms with Crippen LogP contribution in [0.25, 0.3) is 6.08 Å².